The number of aromatic nitrogens is 2. The standard InChI is InChI=1S/C18H15N5O2S/c19-17-15-10-14(7-8-16(15)21-18(20)22-17)26(24,25)23-13-6-5-11-3-1-2-4-12(11)9-13/h1-10,23H,(H4,19,20,21,22). The topological polar surface area (TPSA) is 124 Å². The van der Waals surface area contributed by atoms with Crippen molar-refractivity contribution in [3.8, 4) is 0 Å². The van der Waals surface area contributed by atoms with Crippen molar-refractivity contribution >= 4 is 49.2 Å². The first-order chi connectivity index (χ1) is 12.4. The Hall–Kier alpha value is -3.39. The van der Waals surface area contributed by atoms with Gasteiger partial charge in [0.2, 0.25) is 5.95 Å². The molecule has 0 unspecified atom stereocenters. The van der Waals surface area contributed by atoms with Gasteiger partial charge in [0.25, 0.3) is 10.0 Å². The van der Waals surface area contributed by atoms with Crippen molar-refractivity contribution in [3.63, 3.8) is 0 Å². The second kappa shape index (κ2) is 5.85. The zero-order chi connectivity index (χ0) is 18.3. The molecule has 1 heterocycles. The molecular formula is C18H15N5O2S. The zero-order valence-corrected chi connectivity index (χ0v) is 14.4. The van der Waals surface area contributed by atoms with E-state index in [4.69, 9.17) is 11.5 Å². The van der Waals surface area contributed by atoms with E-state index < -0.39 is 10.0 Å². The first-order valence-electron chi connectivity index (χ1n) is 7.77. The maximum Gasteiger partial charge on any atom is 0.261 e. The molecule has 0 atom stereocenters. The van der Waals surface area contributed by atoms with Crippen LogP contribution in [0.4, 0.5) is 17.5 Å². The number of nitrogens with zero attached hydrogens (tertiary/aromatic N) is 2. The SMILES string of the molecule is Nc1nc(N)c2cc(S(=O)(=O)Nc3ccc4ccccc4c3)ccc2n1. The van der Waals surface area contributed by atoms with Crippen LogP contribution in [0, 0.1) is 0 Å². The molecule has 0 radical (unpaired) electrons. The molecule has 0 aliphatic heterocycles. The molecule has 1 aromatic heterocycles. The molecule has 8 heteroatoms. The van der Waals surface area contributed by atoms with Crippen molar-refractivity contribution in [1.29, 1.82) is 0 Å². The van der Waals surface area contributed by atoms with Crippen LogP contribution in [-0.4, -0.2) is 18.4 Å². The van der Waals surface area contributed by atoms with Gasteiger partial charge in [-0.15, -0.1) is 0 Å². The van der Waals surface area contributed by atoms with Crippen LogP contribution >= 0.6 is 0 Å². The Labute approximate surface area is 149 Å². The van der Waals surface area contributed by atoms with E-state index in [-0.39, 0.29) is 16.7 Å². The van der Waals surface area contributed by atoms with Gasteiger partial charge >= 0.3 is 0 Å². The highest BCUT2D eigenvalue weighted by atomic mass is 32.2. The second-order valence-electron chi connectivity index (χ2n) is 5.81. The number of benzene rings is 3. The smallest absolute Gasteiger partial charge is 0.261 e. The molecule has 0 fully saturated rings. The van der Waals surface area contributed by atoms with Gasteiger partial charge in [0.15, 0.2) is 0 Å². The number of nitrogens with one attached hydrogen (secondary N) is 1. The predicted octanol–water partition coefficient (Wildman–Crippen LogP) is 2.75. The average molecular weight is 365 g/mol. The molecule has 3 aromatic carbocycles. The maximum absolute atomic E-state index is 12.7. The Morgan fingerprint density at radius 3 is 2.42 bits per heavy atom. The van der Waals surface area contributed by atoms with Gasteiger partial charge in [-0.2, -0.15) is 4.98 Å². The van der Waals surface area contributed by atoms with Crippen molar-refractivity contribution in [1.82, 2.24) is 9.97 Å². The summed E-state index contributed by atoms with van der Waals surface area (Å²) in [6, 6.07) is 17.5. The lowest BCUT2D eigenvalue weighted by molar-refractivity contribution is 0.601. The molecule has 0 amide bonds. The lowest BCUT2D eigenvalue weighted by Crippen LogP contribution is -2.13. The van der Waals surface area contributed by atoms with E-state index in [1.165, 1.54) is 12.1 Å². The molecule has 0 bridgehead atoms. The first-order valence-corrected chi connectivity index (χ1v) is 9.25. The third-order valence-corrected chi connectivity index (χ3v) is 5.40. The van der Waals surface area contributed by atoms with Gasteiger partial charge in [-0.1, -0.05) is 30.3 Å². The number of sulfonamides is 1. The van der Waals surface area contributed by atoms with Crippen LogP contribution in [0.5, 0.6) is 0 Å². The number of nitrogen functional groups attached to an aromatic ring is 2. The van der Waals surface area contributed by atoms with E-state index in [2.05, 4.69) is 14.7 Å². The van der Waals surface area contributed by atoms with E-state index >= 15 is 0 Å². The summed E-state index contributed by atoms with van der Waals surface area (Å²) in [5, 5.41) is 2.41. The lowest BCUT2D eigenvalue weighted by Gasteiger charge is -2.10. The largest absolute Gasteiger partial charge is 0.383 e. The van der Waals surface area contributed by atoms with E-state index in [1.54, 1.807) is 18.2 Å². The summed E-state index contributed by atoms with van der Waals surface area (Å²) >= 11 is 0. The molecule has 130 valence electrons. The number of anilines is 3. The van der Waals surface area contributed by atoms with Gasteiger partial charge in [0, 0.05) is 11.1 Å². The van der Waals surface area contributed by atoms with Gasteiger partial charge in [0.1, 0.15) is 5.82 Å². The molecule has 4 rings (SSSR count). The number of nitrogens with two attached hydrogens (primary N) is 2. The third-order valence-electron chi connectivity index (χ3n) is 4.03. The highest BCUT2D eigenvalue weighted by Crippen LogP contribution is 2.25. The molecule has 0 saturated carbocycles. The summed E-state index contributed by atoms with van der Waals surface area (Å²) in [6.07, 6.45) is 0. The number of hydrogen-bond acceptors (Lipinski definition) is 6. The minimum atomic E-state index is -3.79. The minimum Gasteiger partial charge on any atom is -0.383 e. The minimum absolute atomic E-state index is 0.0416. The van der Waals surface area contributed by atoms with Crippen molar-refractivity contribution in [3.05, 3.63) is 60.7 Å². The summed E-state index contributed by atoms with van der Waals surface area (Å²) in [4.78, 5) is 7.99. The quantitative estimate of drug-likeness (QED) is 0.513. The predicted molar refractivity (Wildman–Crippen MR) is 103 cm³/mol. The van der Waals surface area contributed by atoms with Crippen LogP contribution in [0.1, 0.15) is 0 Å². The van der Waals surface area contributed by atoms with Gasteiger partial charge in [-0.25, -0.2) is 13.4 Å². The zero-order valence-electron chi connectivity index (χ0n) is 13.5. The normalized spacial score (nSPS) is 11.7. The summed E-state index contributed by atoms with van der Waals surface area (Å²) in [5.74, 6) is 0.176. The van der Waals surface area contributed by atoms with E-state index in [1.807, 2.05) is 30.3 Å². The van der Waals surface area contributed by atoms with E-state index in [0.29, 0.717) is 16.6 Å². The van der Waals surface area contributed by atoms with Crippen molar-refractivity contribution in [2.45, 2.75) is 4.90 Å². The fraction of sp³-hybridized carbons (Fsp3) is 0. The van der Waals surface area contributed by atoms with Gasteiger partial charge in [-0.05, 0) is 41.1 Å². The Morgan fingerprint density at radius 1 is 0.846 bits per heavy atom. The van der Waals surface area contributed by atoms with E-state index in [9.17, 15) is 8.42 Å². The highest BCUT2D eigenvalue weighted by molar-refractivity contribution is 7.92. The van der Waals surface area contributed by atoms with Crippen LogP contribution in [0.2, 0.25) is 0 Å². The summed E-state index contributed by atoms with van der Waals surface area (Å²) in [7, 11) is -3.79. The molecule has 0 aliphatic rings. The Bertz CT molecular complexity index is 1260. The van der Waals surface area contributed by atoms with Gasteiger partial charge < -0.3 is 11.5 Å². The number of hydrogen-bond donors (Lipinski definition) is 3. The average Bonchev–Trinajstić information content (AvgIpc) is 2.61. The monoisotopic (exact) mass is 365 g/mol. The van der Waals surface area contributed by atoms with Crippen LogP contribution in [0.3, 0.4) is 0 Å². The summed E-state index contributed by atoms with van der Waals surface area (Å²) in [6.45, 7) is 0. The van der Waals surface area contributed by atoms with Crippen LogP contribution in [0.15, 0.2) is 65.6 Å². The second-order valence-corrected chi connectivity index (χ2v) is 7.50. The molecule has 7 nitrogen and oxygen atoms in total. The summed E-state index contributed by atoms with van der Waals surface area (Å²) in [5.41, 5.74) is 12.4. The highest BCUT2D eigenvalue weighted by Gasteiger charge is 2.16. The fourth-order valence-corrected chi connectivity index (χ4v) is 3.86. The first kappa shape index (κ1) is 16.1. The third kappa shape index (κ3) is 2.86. The summed E-state index contributed by atoms with van der Waals surface area (Å²) < 4.78 is 28.1. The lowest BCUT2D eigenvalue weighted by atomic mass is 10.1. The molecule has 4 aromatic rings. The van der Waals surface area contributed by atoms with Crippen molar-refractivity contribution in [2.75, 3.05) is 16.2 Å². The number of rotatable bonds is 3. The van der Waals surface area contributed by atoms with E-state index in [0.717, 1.165) is 10.8 Å². The van der Waals surface area contributed by atoms with Crippen LogP contribution in [-0.2, 0) is 10.0 Å². The molecule has 26 heavy (non-hydrogen) atoms. The van der Waals surface area contributed by atoms with Crippen molar-refractivity contribution < 1.29 is 8.42 Å². The van der Waals surface area contributed by atoms with Crippen molar-refractivity contribution in [2.24, 2.45) is 0 Å². The Balaban J connectivity index is 1.74. The Morgan fingerprint density at radius 2 is 1.62 bits per heavy atom. The molecular weight excluding hydrogens is 350 g/mol. The number of fused-ring (bicyclic) bond motifs is 2. The molecule has 0 aliphatic carbocycles. The van der Waals surface area contributed by atoms with Gasteiger partial charge in [-0.3, -0.25) is 4.72 Å². The fourth-order valence-electron chi connectivity index (χ4n) is 2.78. The van der Waals surface area contributed by atoms with Crippen LogP contribution < -0.4 is 16.2 Å². The van der Waals surface area contributed by atoms with Gasteiger partial charge in [0.05, 0.1) is 10.4 Å². The Kier molecular flexibility index (Phi) is 3.62. The molecule has 5 N–H and O–H groups in total. The molecule has 0 saturated heterocycles. The molecule has 0 spiro atoms. The van der Waals surface area contributed by atoms with Crippen LogP contribution in [0.25, 0.3) is 21.7 Å². The maximum atomic E-state index is 12.7.